The Labute approximate surface area is 77.7 Å². The van der Waals surface area contributed by atoms with Gasteiger partial charge in [0.25, 0.3) is 6.43 Å². The Morgan fingerprint density at radius 1 is 1.57 bits per heavy atom. The van der Waals surface area contributed by atoms with E-state index < -0.39 is 18.1 Å². The van der Waals surface area contributed by atoms with Crippen molar-refractivity contribution in [2.24, 2.45) is 5.73 Å². The lowest BCUT2D eigenvalue weighted by molar-refractivity contribution is 0.112. The average molecular weight is 204 g/mol. The summed E-state index contributed by atoms with van der Waals surface area (Å²) in [5.41, 5.74) is 4.03. The maximum atomic E-state index is 13.0. The number of nitrogens with zero attached hydrogens (tertiary/aromatic N) is 1. The molecule has 0 unspecified atom stereocenters. The van der Waals surface area contributed by atoms with E-state index in [1.54, 1.807) is 0 Å². The number of aldehydes is 1. The highest BCUT2D eigenvalue weighted by Crippen LogP contribution is 2.20. The zero-order valence-corrected chi connectivity index (χ0v) is 7.01. The third-order valence-electron chi connectivity index (χ3n) is 1.68. The maximum Gasteiger partial charge on any atom is 0.280 e. The molecule has 0 saturated heterocycles. The molecule has 1 rings (SSSR count). The summed E-state index contributed by atoms with van der Waals surface area (Å²) in [4.78, 5) is 13.4. The first-order valence-electron chi connectivity index (χ1n) is 3.72. The van der Waals surface area contributed by atoms with Crippen LogP contribution in [0.5, 0.6) is 0 Å². The first-order chi connectivity index (χ1) is 6.60. The van der Waals surface area contributed by atoms with Crippen LogP contribution in [0.1, 0.15) is 28.0 Å². The minimum Gasteiger partial charge on any atom is -0.326 e. The molecular formula is C8H7F3N2O. The number of rotatable bonds is 3. The molecule has 0 atom stereocenters. The molecule has 0 spiro atoms. The van der Waals surface area contributed by atoms with E-state index in [1.165, 1.54) is 0 Å². The van der Waals surface area contributed by atoms with Crippen LogP contribution >= 0.6 is 0 Å². The largest absolute Gasteiger partial charge is 0.326 e. The number of carbonyl (C=O) groups excluding carboxylic acids is 1. The standard InChI is InChI=1S/C8H7F3N2O/c9-7(10)6-1-4(3-14)5(2-12)8(11)13-6/h1,3,7H,2,12H2. The highest BCUT2D eigenvalue weighted by molar-refractivity contribution is 5.77. The third-order valence-corrected chi connectivity index (χ3v) is 1.68. The summed E-state index contributed by atoms with van der Waals surface area (Å²) in [5, 5.41) is 0. The molecule has 0 bridgehead atoms. The van der Waals surface area contributed by atoms with Crippen LogP contribution in [-0.2, 0) is 6.54 Å². The van der Waals surface area contributed by atoms with E-state index in [9.17, 15) is 18.0 Å². The van der Waals surface area contributed by atoms with Crippen LogP contribution in [0.3, 0.4) is 0 Å². The Morgan fingerprint density at radius 3 is 2.64 bits per heavy atom. The van der Waals surface area contributed by atoms with Crippen LogP contribution in [0.25, 0.3) is 0 Å². The van der Waals surface area contributed by atoms with E-state index in [0.717, 1.165) is 6.07 Å². The minimum atomic E-state index is -2.91. The summed E-state index contributed by atoms with van der Waals surface area (Å²) >= 11 is 0. The van der Waals surface area contributed by atoms with Crippen molar-refractivity contribution in [3.63, 3.8) is 0 Å². The van der Waals surface area contributed by atoms with Gasteiger partial charge in [0.2, 0.25) is 5.95 Å². The lowest BCUT2D eigenvalue weighted by Gasteiger charge is -2.05. The van der Waals surface area contributed by atoms with Gasteiger partial charge in [-0.25, -0.2) is 13.8 Å². The second-order valence-corrected chi connectivity index (χ2v) is 2.53. The van der Waals surface area contributed by atoms with E-state index in [-0.39, 0.29) is 24.0 Å². The van der Waals surface area contributed by atoms with E-state index in [0.29, 0.717) is 0 Å². The van der Waals surface area contributed by atoms with Crippen LogP contribution in [0.15, 0.2) is 6.07 Å². The van der Waals surface area contributed by atoms with Gasteiger partial charge in [0.15, 0.2) is 6.29 Å². The summed E-state index contributed by atoms with van der Waals surface area (Å²) in [7, 11) is 0. The van der Waals surface area contributed by atoms with Gasteiger partial charge in [-0.3, -0.25) is 4.79 Å². The van der Waals surface area contributed by atoms with Crippen molar-refractivity contribution in [3.05, 3.63) is 28.8 Å². The predicted molar refractivity (Wildman–Crippen MR) is 42.4 cm³/mol. The third kappa shape index (κ3) is 1.90. The molecule has 6 heteroatoms. The van der Waals surface area contributed by atoms with Crippen LogP contribution in [0.4, 0.5) is 13.2 Å². The number of hydrogen-bond donors (Lipinski definition) is 1. The molecular weight excluding hydrogens is 197 g/mol. The van der Waals surface area contributed by atoms with E-state index in [2.05, 4.69) is 4.98 Å². The lowest BCUT2D eigenvalue weighted by atomic mass is 10.1. The van der Waals surface area contributed by atoms with Gasteiger partial charge in [0.1, 0.15) is 5.69 Å². The lowest BCUT2D eigenvalue weighted by Crippen LogP contribution is -2.08. The molecule has 0 aliphatic heterocycles. The van der Waals surface area contributed by atoms with E-state index >= 15 is 0 Å². The van der Waals surface area contributed by atoms with E-state index in [1.807, 2.05) is 0 Å². The fourth-order valence-electron chi connectivity index (χ4n) is 0.998. The Balaban J connectivity index is 3.31. The van der Waals surface area contributed by atoms with Crippen molar-refractivity contribution in [2.75, 3.05) is 0 Å². The molecule has 0 fully saturated rings. The number of nitrogens with two attached hydrogens (primary N) is 1. The molecule has 14 heavy (non-hydrogen) atoms. The van der Waals surface area contributed by atoms with Gasteiger partial charge < -0.3 is 5.73 Å². The highest BCUT2D eigenvalue weighted by atomic mass is 19.3. The molecule has 0 saturated carbocycles. The number of carbonyl (C=O) groups is 1. The van der Waals surface area contributed by atoms with Crippen molar-refractivity contribution in [1.82, 2.24) is 4.98 Å². The maximum absolute atomic E-state index is 13.0. The normalized spacial score (nSPS) is 10.6. The van der Waals surface area contributed by atoms with Crippen LogP contribution in [0, 0.1) is 5.95 Å². The SMILES string of the molecule is NCc1c(C=O)cc(C(F)F)nc1F. The summed E-state index contributed by atoms with van der Waals surface area (Å²) in [6.07, 6.45) is -2.63. The number of pyridine rings is 1. The van der Waals surface area contributed by atoms with Crippen molar-refractivity contribution in [2.45, 2.75) is 13.0 Å². The Bertz CT molecular complexity index is 355. The summed E-state index contributed by atoms with van der Waals surface area (Å²) < 4.78 is 37.2. The second-order valence-electron chi connectivity index (χ2n) is 2.53. The Morgan fingerprint density at radius 2 is 2.21 bits per heavy atom. The van der Waals surface area contributed by atoms with E-state index in [4.69, 9.17) is 5.73 Å². The van der Waals surface area contributed by atoms with Crippen molar-refractivity contribution in [3.8, 4) is 0 Å². The molecule has 1 aromatic heterocycles. The number of aromatic nitrogens is 1. The molecule has 0 aliphatic rings. The Hall–Kier alpha value is -1.43. The molecule has 2 N–H and O–H groups in total. The molecule has 0 aromatic carbocycles. The zero-order valence-electron chi connectivity index (χ0n) is 7.01. The summed E-state index contributed by atoms with van der Waals surface area (Å²) in [5.74, 6) is -1.12. The molecule has 1 heterocycles. The average Bonchev–Trinajstić information content (AvgIpc) is 2.16. The minimum absolute atomic E-state index is 0.149. The number of hydrogen-bond acceptors (Lipinski definition) is 3. The molecule has 1 aromatic rings. The van der Waals surface area contributed by atoms with Gasteiger partial charge in [-0.05, 0) is 6.07 Å². The van der Waals surface area contributed by atoms with Crippen LogP contribution < -0.4 is 5.73 Å². The topological polar surface area (TPSA) is 56.0 Å². The van der Waals surface area contributed by atoms with Gasteiger partial charge >= 0.3 is 0 Å². The van der Waals surface area contributed by atoms with Gasteiger partial charge in [-0.15, -0.1) is 0 Å². The molecule has 0 amide bonds. The van der Waals surface area contributed by atoms with Crippen LogP contribution in [0.2, 0.25) is 0 Å². The fraction of sp³-hybridized carbons (Fsp3) is 0.250. The molecule has 0 aliphatic carbocycles. The number of alkyl halides is 2. The van der Waals surface area contributed by atoms with Crippen molar-refractivity contribution in [1.29, 1.82) is 0 Å². The van der Waals surface area contributed by atoms with Gasteiger partial charge in [-0.2, -0.15) is 4.39 Å². The van der Waals surface area contributed by atoms with Gasteiger partial charge in [0.05, 0.1) is 0 Å². The van der Waals surface area contributed by atoms with Crippen molar-refractivity contribution < 1.29 is 18.0 Å². The predicted octanol–water partition coefficient (Wildman–Crippen LogP) is 1.43. The van der Waals surface area contributed by atoms with Gasteiger partial charge in [0, 0.05) is 17.7 Å². The number of halogens is 3. The van der Waals surface area contributed by atoms with Gasteiger partial charge in [-0.1, -0.05) is 0 Å². The quantitative estimate of drug-likeness (QED) is 0.598. The highest BCUT2D eigenvalue weighted by Gasteiger charge is 2.16. The molecule has 3 nitrogen and oxygen atoms in total. The Kier molecular flexibility index (Phi) is 3.19. The molecule has 0 radical (unpaired) electrons. The van der Waals surface area contributed by atoms with Crippen LogP contribution in [-0.4, -0.2) is 11.3 Å². The van der Waals surface area contributed by atoms with Crippen molar-refractivity contribution >= 4 is 6.29 Å². The first kappa shape index (κ1) is 10.6. The first-order valence-corrected chi connectivity index (χ1v) is 3.72. The molecule has 76 valence electrons. The monoisotopic (exact) mass is 204 g/mol. The summed E-state index contributed by atoms with van der Waals surface area (Å²) in [6, 6.07) is 0.836. The smallest absolute Gasteiger partial charge is 0.280 e. The zero-order chi connectivity index (χ0) is 10.7. The summed E-state index contributed by atoms with van der Waals surface area (Å²) in [6.45, 7) is -0.254. The second kappa shape index (κ2) is 4.19. The fourth-order valence-corrected chi connectivity index (χ4v) is 0.998.